The second kappa shape index (κ2) is 9.58. The number of benzene rings is 2. The summed E-state index contributed by atoms with van der Waals surface area (Å²) in [4.78, 5) is 21.2. The van der Waals surface area contributed by atoms with Crippen LogP contribution in [0.4, 0.5) is 0 Å². The maximum atomic E-state index is 12.4. The molecule has 1 amide bonds. The summed E-state index contributed by atoms with van der Waals surface area (Å²) >= 11 is 7.98. The Kier molecular flexibility index (Phi) is 6.63. The van der Waals surface area contributed by atoms with E-state index in [2.05, 4.69) is 15.3 Å². The number of halogens is 1. The Morgan fingerprint density at radius 3 is 2.97 bits per heavy atom. The number of carbonyl (C=O) groups excluding carboxylic acids is 1. The minimum atomic E-state index is -0.170. The predicted octanol–water partition coefficient (Wildman–Crippen LogP) is 4.19. The van der Waals surface area contributed by atoms with Crippen LogP contribution >= 0.6 is 23.4 Å². The van der Waals surface area contributed by atoms with Crippen LogP contribution in [0.2, 0.25) is 5.02 Å². The average molecular weight is 456 g/mol. The number of hydrogen-bond donors (Lipinski definition) is 1. The van der Waals surface area contributed by atoms with Crippen molar-refractivity contribution in [3.8, 4) is 22.8 Å². The van der Waals surface area contributed by atoms with E-state index < -0.39 is 0 Å². The first kappa shape index (κ1) is 21.5. The molecule has 0 bridgehead atoms. The lowest BCUT2D eigenvalue weighted by Gasteiger charge is -2.13. The van der Waals surface area contributed by atoms with Crippen molar-refractivity contribution in [1.82, 2.24) is 15.3 Å². The first-order valence-electron chi connectivity index (χ1n) is 9.82. The fraction of sp³-hybridized carbons (Fsp3) is 0.261. The standard InChI is InChI=1S/C23H22ClN3O3S/c1-29-20-6-4-3-5-14(20)12-21(28)26-13-17-10-16-9-15(11-18(24)22(16)30-17)19-7-8-25-23(27-19)31-2/h3-9,11,17H,10,12-13H2,1-2H3,(H,26,28)/t17-/m1/s1. The molecule has 160 valence electrons. The first-order chi connectivity index (χ1) is 15.1. The minimum Gasteiger partial charge on any atom is -0.496 e. The van der Waals surface area contributed by atoms with Crippen LogP contribution < -0.4 is 14.8 Å². The smallest absolute Gasteiger partial charge is 0.224 e. The van der Waals surface area contributed by atoms with Crippen LogP contribution in [-0.4, -0.2) is 41.9 Å². The summed E-state index contributed by atoms with van der Waals surface area (Å²) in [6, 6.07) is 13.3. The van der Waals surface area contributed by atoms with Gasteiger partial charge in [-0.2, -0.15) is 0 Å². The summed E-state index contributed by atoms with van der Waals surface area (Å²) in [5.41, 5.74) is 3.60. The quantitative estimate of drug-likeness (QED) is 0.425. The number of nitrogens with zero attached hydrogens (tertiary/aromatic N) is 2. The predicted molar refractivity (Wildman–Crippen MR) is 122 cm³/mol. The summed E-state index contributed by atoms with van der Waals surface area (Å²) in [6.07, 6.45) is 4.43. The Balaban J connectivity index is 1.40. The largest absolute Gasteiger partial charge is 0.496 e. The van der Waals surface area contributed by atoms with E-state index in [9.17, 15) is 4.79 Å². The van der Waals surface area contributed by atoms with Crippen molar-refractivity contribution in [2.75, 3.05) is 19.9 Å². The van der Waals surface area contributed by atoms with E-state index in [0.717, 1.165) is 22.4 Å². The molecule has 1 N–H and O–H groups in total. The molecule has 6 nitrogen and oxygen atoms in total. The van der Waals surface area contributed by atoms with Gasteiger partial charge in [0.2, 0.25) is 5.91 Å². The van der Waals surface area contributed by atoms with Crippen molar-refractivity contribution in [2.24, 2.45) is 0 Å². The molecule has 4 rings (SSSR count). The lowest BCUT2D eigenvalue weighted by Crippen LogP contribution is -2.35. The summed E-state index contributed by atoms with van der Waals surface area (Å²) in [5, 5.41) is 4.20. The number of ether oxygens (including phenoxy) is 2. The van der Waals surface area contributed by atoms with E-state index in [0.29, 0.717) is 34.6 Å². The van der Waals surface area contributed by atoms with E-state index in [1.165, 1.54) is 11.8 Å². The van der Waals surface area contributed by atoms with Gasteiger partial charge in [0.1, 0.15) is 17.6 Å². The zero-order valence-corrected chi connectivity index (χ0v) is 18.8. The molecule has 1 atom stereocenters. The van der Waals surface area contributed by atoms with Gasteiger partial charge in [-0.05, 0) is 30.5 Å². The van der Waals surface area contributed by atoms with Crippen LogP contribution in [0.5, 0.6) is 11.5 Å². The molecule has 2 heterocycles. The van der Waals surface area contributed by atoms with Crippen molar-refractivity contribution >= 4 is 29.3 Å². The maximum absolute atomic E-state index is 12.4. The Morgan fingerprint density at radius 1 is 1.32 bits per heavy atom. The van der Waals surface area contributed by atoms with Crippen molar-refractivity contribution in [1.29, 1.82) is 0 Å². The molecular formula is C23H22ClN3O3S. The number of para-hydroxylation sites is 1. The van der Waals surface area contributed by atoms with Gasteiger partial charge < -0.3 is 14.8 Å². The van der Waals surface area contributed by atoms with E-state index in [1.54, 1.807) is 13.3 Å². The molecular weight excluding hydrogens is 434 g/mol. The highest BCUT2D eigenvalue weighted by atomic mass is 35.5. The molecule has 0 saturated carbocycles. The van der Waals surface area contributed by atoms with Gasteiger partial charge in [-0.3, -0.25) is 4.79 Å². The Bertz CT molecular complexity index is 1110. The van der Waals surface area contributed by atoms with Crippen molar-refractivity contribution < 1.29 is 14.3 Å². The molecule has 1 aliphatic heterocycles. The van der Waals surface area contributed by atoms with Gasteiger partial charge >= 0.3 is 0 Å². The SMILES string of the molecule is COc1ccccc1CC(=O)NC[C@H]1Cc2cc(-c3ccnc(SC)n3)cc(Cl)c2O1. The van der Waals surface area contributed by atoms with Crippen molar-refractivity contribution in [3.05, 3.63) is 64.8 Å². The molecule has 3 aromatic rings. The number of rotatable bonds is 7. The summed E-state index contributed by atoms with van der Waals surface area (Å²) < 4.78 is 11.3. The Hall–Kier alpha value is -2.77. The van der Waals surface area contributed by atoms with E-state index >= 15 is 0 Å². The van der Waals surface area contributed by atoms with Crippen LogP contribution in [0.1, 0.15) is 11.1 Å². The van der Waals surface area contributed by atoms with Gasteiger partial charge in [0, 0.05) is 29.3 Å². The summed E-state index contributed by atoms with van der Waals surface area (Å²) in [5.74, 6) is 1.30. The fourth-order valence-corrected chi connectivity index (χ4v) is 4.20. The summed E-state index contributed by atoms with van der Waals surface area (Å²) in [6.45, 7) is 0.401. The first-order valence-corrected chi connectivity index (χ1v) is 11.4. The zero-order valence-electron chi connectivity index (χ0n) is 17.2. The van der Waals surface area contributed by atoms with Gasteiger partial charge in [0.15, 0.2) is 5.16 Å². The highest BCUT2D eigenvalue weighted by Crippen LogP contribution is 2.39. The van der Waals surface area contributed by atoms with Crippen LogP contribution in [0.25, 0.3) is 11.3 Å². The van der Waals surface area contributed by atoms with Gasteiger partial charge in [0.05, 0.1) is 30.8 Å². The van der Waals surface area contributed by atoms with E-state index in [-0.39, 0.29) is 18.4 Å². The van der Waals surface area contributed by atoms with Gasteiger partial charge in [-0.15, -0.1) is 0 Å². The maximum Gasteiger partial charge on any atom is 0.224 e. The monoisotopic (exact) mass is 455 g/mol. The lowest BCUT2D eigenvalue weighted by molar-refractivity contribution is -0.120. The van der Waals surface area contributed by atoms with Crippen LogP contribution in [0, 0.1) is 0 Å². The average Bonchev–Trinajstić information content (AvgIpc) is 3.22. The minimum absolute atomic E-state index is 0.0820. The molecule has 1 aromatic heterocycles. The normalized spacial score (nSPS) is 14.6. The second-order valence-electron chi connectivity index (χ2n) is 7.11. The molecule has 0 saturated heterocycles. The van der Waals surface area contributed by atoms with Crippen LogP contribution in [-0.2, 0) is 17.6 Å². The van der Waals surface area contributed by atoms with Crippen molar-refractivity contribution in [2.45, 2.75) is 24.1 Å². The second-order valence-corrected chi connectivity index (χ2v) is 8.29. The van der Waals surface area contributed by atoms with E-state index in [1.807, 2.05) is 48.7 Å². The molecule has 2 aromatic carbocycles. The van der Waals surface area contributed by atoms with Gasteiger partial charge in [-0.1, -0.05) is 41.6 Å². The highest BCUT2D eigenvalue weighted by Gasteiger charge is 2.26. The molecule has 0 fully saturated rings. The fourth-order valence-electron chi connectivity index (χ4n) is 3.56. The molecule has 0 radical (unpaired) electrons. The topological polar surface area (TPSA) is 73.3 Å². The molecule has 1 aliphatic rings. The third-order valence-electron chi connectivity index (χ3n) is 5.03. The van der Waals surface area contributed by atoms with E-state index in [4.69, 9.17) is 21.1 Å². The number of methoxy groups -OCH3 is 1. The van der Waals surface area contributed by atoms with Gasteiger partial charge in [0.25, 0.3) is 0 Å². The van der Waals surface area contributed by atoms with Crippen LogP contribution in [0.15, 0.2) is 53.8 Å². The number of amides is 1. The Labute approximate surface area is 190 Å². The van der Waals surface area contributed by atoms with Crippen LogP contribution in [0.3, 0.4) is 0 Å². The number of nitrogens with one attached hydrogen (secondary N) is 1. The number of hydrogen-bond acceptors (Lipinski definition) is 6. The molecule has 8 heteroatoms. The zero-order chi connectivity index (χ0) is 21.8. The number of carbonyl (C=O) groups is 1. The lowest BCUT2D eigenvalue weighted by atomic mass is 10.0. The molecule has 0 aliphatic carbocycles. The molecule has 0 spiro atoms. The summed E-state index contributed by atoms with van der Waals surface area (Å²) in [7, 11) is 1.60. The number of thioether (sulfide) groups is 1. The number of aromatic nitrogens is 2. The third-order valence-corrected chi connectivity index (χ3v) is 5.88. The highest BCUT2D eigenvalue weighted by molar-refractivity contribution is 7.98. The third kappa shape index (κ3) is 4.94. The molecule has 31 heavy (non-hydrogen) atoms. The Morgan fingerprint density at radius 2 is 2.16 bits per heavy atom. The van der Waals surface area contributed by atoms with Crippen molar-refractivity contribution in [3.63, 3.8) is 0 Å². The number of fused-ring (bicyclic) bond motifs is 1. The molecule has 0 unspecified atom stereocenters. The van der Waals surface area contributed by atoms with Gasteiger partial charge in [-0.25, -0.2) is 9.97 Å².